The summed E-state index contributed by atoms with van der Waals surface area (Å²) in [6.45, 7) is 8.38. The van der Waals surface area contributed by atoms with Crippen molar-refractivity contribution in [3.05, 3.63) is 83.9 Å². The third-order valence-electron chi connectivity index (χ3n) is 6.50. The van der Waals surface area contributed by atoms with Gasteiger partial charge in [-0.1, -0.05) is 48.5 Å². The van der Waals surface area contributed by atoms with Crippen LogP contribution in [0.15, 0.2) is 72.8 Å². The van der Waals surface area contributed by atoms with Gasteiger partial charge in [0.25, 0.3) is 0 Å². The van der Waals surface area contributed by atoms with E-state index in [1.807, 2.05) is 0 Å². The van der Waals surface area contributed by atoms with E-state index in [9.17, 15) is 0 Å². The second-order valence-electron chi connectivity index (χ2n) is 8.95. The summed E-state index contributed by atoms with van der Waals surface area (Å²) in [6, 6.07) is 25.8. The highest BCUT2D eigenvalue weighted by Crippen LogP contribution is 2.43. The van der Waals surface area contributed by atoms with Crippen molar-refractivity contribution >= 4 is 29.6 Å². The van der Waals surface area contributed by atoms with Crippen LogP contribution in [-0.4, -0.2) is 18.3 Å². The van der Waals surface area contributed by atoms with Gasteiger partial charge >= 0.3 is 7.12 Å². The summed E-state index contributed by atoms with van der Waals surface area (Å²) in [5, 5.41) is 0. The molecule has 0 bridgehead atoms. The van der Waals surface area contributed by atoms with Gasteiger partial charge in [0, 0.05) is 23.5 Å². The van der Waals surface area contributed by atoms with Gasteiger partial charge in [0.15, 0.2) is 0 Å². The topological polar surface area (TPSA) is 21.7 Å². The molecule has 2 aliphatic rings. The van der Waals surface area contributed by atoms with Gasteiger partial charge in [-0.2, -0.15) is 0 Å². The minimum Gasteiger partial charge on any atom is -0.399 e. The van der Waals surface area contributed by atoms with Crippen LogP contribution in [0, 0.1) is 0 Å². The number of fused-ring (bicyclic) bond motifs is 2. The van der Waals surface area contributed by atoms with Crippen molar-refractivity contribution in [1.29, 1.82) is 0 Å². The first kappa shape index (κ1) is 18.5. The maximum Gasteiger partial charge on any atom is 0.494 e. The molecule has 2 aliphatic heterocycles. The molecule has 0 N–H and O–H groups in total. The molecule has 3 nitrogen and oxygen atoms in total. The Labute approximate surface area is 173 Å². The third kappa shape index (κ3) is 2.99. The standard InChI is InChI=1S/C25H26BNO2/c1-24(2)25(3,4)29-26(28-24)20-14-15-23-19(17-20)16-18-10-8-9-13-22(18)27(23)21-11-6-5-7-12-21/h5-15,17H,16H2,1-4H3. The highest BCUT2D eigenvalue weighted by molar-refractivity contribution is 6.62. The Morgan fingerprint density at radius 2 is 1.34 bits per heavy atom. The zero-order valence-corrected chi connectivity index (χ0v) is 17.5. The van der Waals surface area contributed by atoms with Crippen molar-refractivity contribution in [2.24, 2.45) is 0 Å². The van der Waals surface area contributed by atoms with Crippen LogP contribution < -0.4 is 10.4 Å². The largest absolute Gasteiger partial charge is 0.494 e. The first-order valence-electron chi connectivity index (χ1n) is 10.3. The monoisotopic (exact) mass is 383 g/mol. The molecule has 29 heavy (non-hydrogen) atoms. The second kappa shape index (κ2) is 6.48. The summed E-state index contributed by atoms with van der Waals surface area (Å²) >= 11 is 0. The molecule has 0 spiro atoms. The number of benzene rings is 3. The zero-order chi connectivity index (χ0) is 20.2. The smallest absolute Gasteiger partial charge is 0.399 e. The first-order valence-corrected chi connectivity index (χ1v) is 10.3. The number of para-hydroxylation sites is 2. The van der Waals surface area contributed by atoms with Crippen LogP contribution in [0.5, 0.6) is 0 Å². The Bertz CT molecular complexity index is 1050. The Hall–Kier alpha value is -2.56. The lowest BCUT2D eigenvalue weighted by Crippen LogP contribution is -2.41. The summed E-state index contributed by atoms with van der Waals surface area (Å²) in [5.41, 5.74) is 6.66. The predicted molar refractivity (Wildman–Crippen MR) is 120 cm³/mol. The molecule has 3 aromatic rings. The molecule has 4 heteroatoms. The minimum absolute atomic E-state index is 0.337. The van der Waals surface area contributed by atoms with E-state index < -0.39 is 0 Å². The fourth-order valence-electron chi connectivity index (χ4n) is 4.16. The number of hydrogen-bond donors (Lipinski definition) is 0. The molecule has 3 aromatic carbocycles. The Kier molecular flexibility index (Phi) is 4.13. The lowest BCUT2D eigenvalue weighted by atomic mass is 9.77. The van der Waals surface area contributed by atoms with E-state index in [0.29, 0.717) is 0 Å². The lowest BCUT2D eigenvalue weighted by Gasteiger charge is -2.34. The number of nitrogens with zero attached hydrogens (tertiary/aromatic N) is 1. The van der Waals surface area contributed by atoms with Crippen molar-refractivity contribution in [1.82, 2.24) is 0 Å². The minimum atomic E-state index is -0.340. The van der Waals surface area contributed by atoms with Gasteiger partial charge in [-0.15, -0.1) is 0 Å². The van der Waals surface area contributed by atoms with Crippen molar-refractivity contribution in [3.63, 3.8) is 0 Å². The molecule has 1 saturated heterocycles. The van der Waals surface area contributed by atoms with Crippen molar-refractivity contribution in [3.8, 4) is 0 Å². The molecule has 0 saturated carbocycles. The van der Waals surface area contributed by atoms with Crippen molar-refractivity contribution < 1.29 is 9.31 Å². The molecular weight excluding hydrogens is 357 g/mol. The fourth-order valence-corrected chi connectivity index (χ4v) is 4.16. The molecule has 146 valence electrons. The van der Waals surface area contributed by atoms with Gasteiger partial charge in [-0.05, 0) is 68.6 Å². The first-order chi connectivity index (χ1) is 13.9. The highest BCUT2D eigenvalue weighted by atomic mass is 16.7. The fraction of sp³-hybridized carbons (Fsp3) is 0.280. The lowest BCUT2D eigenvalue weighted by molar-refractivity contribution is 0.00578. The van der Waals surface area contributed by atoms with Gasteiger partial charge in [-0.25, -0.2) is 0 Å². The number of rotatable bonds is 2. The average molecular weight is 383 g/mol. The Balaban J connectivity index is 1.58. The molecule has 0 aromatic heterocycles. The zero-order valence-electron chi connectivity index (χ0n) is 17.5. The summed E-state index contributed by atoms with van der Waals surface area (Å²) in [7, 11) is -0.340. The molecule has 0 aliphatic carbocycles. The molecule has 0 atom stereocenters. The van der Waals surface area contributed by atoms with Crippen LogP contribution in [0.4, 0.5) is 17.1 Å². The predicted octanol–water partition coefficient (Wildman–Crippen LogP) is 5.36. The maximum absolute atomic E-state index is 6.29. The van der Waals surface area contributed by atoms with Gasteiger partial charge in [-0.3, -0.25) is 0 Å². The third-order valence-corrected chi connectivity index (χ3v) is 6.50. The van der Waals surface area contributed by atoms with E-state index in [-0.39, 0.29) is 18.3 Å². The molecular formula is C25H26BNO2. The molecule has 5 rings (SSSR count). The van der Waals surface area contributed by atoms with E-state index in [2.05, 4.69) is 105 Å². The molecule has 0 amide bonds. The van der Waals surface area contributed by atoms with Crippen LogP contribution in [-0.2, 0) is 15.7 Å². The normalized spacial score (nSPS) is 19.0. The van der Waals surface area contributed by atoms with Crippen LogP contribution >= 0.6 is 0 Å². The van der Waals surface area contributed by atoms with Crippen LogP contribution in [0.3, 0.4) is 0 Å². The number of anilines is 3. The summed E-state index contributed by atoms with van der Waals surface area (Å²) in [6.07, 6.45) is 0.905. The molecule has 0 unspecified atom stereocenters. The Morgan fingerprint density at radius 3 is 2.07 bits per heavy atom. The van der Waals surface area contributed by atoms with Gasteiger partial charge < -0.3 is 14.2 Å². The van der Waals surface area contributed by atoms with E-state index in [4.69, 9.17) is 9.31 Å². The summed E-state index contributed by atoms with van der Waals surface area (Å²) < 4.78 is 12.6. The molecule has 0 radical (unpaired) electrons. The van der Waals surface area contributed by atoms with Gasteiger partial charge in [0.05, 0.1) is 11.2 Å². The van der Waals surface area contributed by atoms with E-state index in [1.54, 1.807) is 0 Å². The highest BCUT2D eigenvalue weighted by Gasteiger charge is 2.51. The van der Waals surface area contributed by atoms with E-state index in [1.165, 1.54) is 28.2 Å². The average Bonchev–Trinajstić information content (AvgIpc) is 2.93. The quantitative estimate of drug-likeness (QED) is 0.435. The van der Waals surface area contributed by atoms with E-state index >= 15 is 0 Å². The van der Waals surface area contributed by atoms with Crippen LogP contribution in [0.2, 0.25) is 0 Å². The number of hydrogen-bond acceptors (Lipinski definition) is 3. The molecule has 1 fully saturated rings. The maximum atomic E-state index is 6.29. The van der Waals surface area contributed by atoms with Gasteiger partial charge in [0.2, 0.25) is 0 Å². The SMILES string of the molecule is CC1(C)OB(c2ccc3c(c2)Cc2ccccc2N3c2ccccc2)OC1(C)C. The Morgan fingerprint density at radius 1 is 0.724 bits per heavy atom. The van der Waals surface area contributed by atoms with Crippen molar-refractivity contribution in [2.45, 2.75) is 45.3 Å². The van der Waals surface area contributed by atoms with Gasteiger partial charge in [0.1, 0.15) is 0 Å². The van der Waals surface area contributed by atoms with E-state index in [0.717, 1.165) is 11.9 Å². The van der Waals surface area contributed by atoms with Crippen LogP contribution in [0.25, 0.3) is 0 Å². The second-order valence-corrected chi connectivity index (χ2v) is 8.95. The molecule has 2 heterocycles. The summed E-state index contributed by atoms with van der Waals surface area (Å²) in [4.78, 5) is 2.35. The summed E-state index contributed by atoms with van der Waals surface area (Å²) in [5.74, 6) is 0. The van der Waals surface area contributed by atoms with Crippen LogP contribution in [0.1, 0.15) is 38.8 Å². The van der Waals surface area contributed by atoms with Crippen molar-refractivity contribution in [2.75, 3.05) is 4.90 Å².